The van der Waals surface area contributed by atoms with Gasteiger partial charge in [0.05, 0.1) is 7.11 Å². The first kappa shape index (κ1) is 21.1. The van der Waals surface area contributed by atoms with Crippen molar-refractivity contribution in [2.75, 3.05) is 13.7 Å². The maximum Gasteiger partial charge on any atom is 0.344 e. The van der Waals surface area contributed by atoms with Crippen molar-refractivity contribution in [1.82, 2.24) is 10.2 Å². The van der Waals surface area contributed by atoms with Gasteiger partial charge in [0.2, 0.25) is 5.89 Å². The number of allylic oxidation sites excluding steroid dienone is 1. The van der Waals surface area contributed by atoms with Crippen LogP contribution in [0.4, 0.5) is 0 Å². The molecule has 0 N–H and O–H groups in total. The summed E-state index contributed by atoms with van der Waals surface area (Å²) in [6.07, 6.45) is 3.17. The summed E-state index contributed by atoms with van der Waals surface area (Å²) in [6.45, 7) is 5.32. The molecule has 7 heteroatoms. The van der Waals surface area contributed by atoms with Gasteiger partial charge in [0.25, 0.3) is 5.89 Å². The van der Waals surface area contributed by atoms with Crippen molar-refractivity contribution in [2.24, 2.45) is 0 Å². The molecule has 1 aromatic heterocycles. The Morgan fingerprint density at radius 1 is 1.13 bits per heavy atom. The van der Waals surface area contributed by atoms with Crippen LogP contribution in [-0.2, 0) is 9.53 Å². The van der Waals surface area contributed by atoms with Gasteiger partial charge >= 0.3 is 5.97 Å². The van der Waals surface area contributed by atoms with Gasteiger partial charge in [-0.25, -0.2) is 4.79 Å². The highest BCUT2D eigenvalue weighted by Crippen LogP contribution is 2.29. The minimum absolute atomic E-state index is 0.215. The summed E-state index contributed by atoms with van der Waals surface area (Å²) >= 11 is 0. The lowest BCUT2D eigenvalue weighted by atomic mass is 10.1. The summed E-state index contributed by atoms with van der Waals surface area (Å²) in [5.41, 5.74) is 2.90. The van der Waals surface area contributed by atoms with E-state index in [4.69, 9.17) is 18.6 Å². The molecule has 0 bridgehead atoms. The van der Waals surface area contributed by atoms with Crippen LogP contribution in [0, 0.1) is 6.92 Å². The largest absolute Gasteiger partial charge is 0.493 e. The molecule has 0 amide bonds. The van der Waals surface area contributed by atoms with Gasteiger partial charge in [0, 0.05) is 5.56 Å². The van der Waals surface area contributed by atoms with E-state index in [0.717, 1.165) is 16.7 Å². The van der Waals surface area contributed by atoms with Gasteiger partial charge in [-0.2, -0.15) is 0 Å². The summed E-state index contributed by atoms with van der Waals surface area (Å²) in [5.74, 6) is 1.01. The molecule has 2 aromatic carbocycles. The Kier molecular flexibility index (Phi) is 6.85. The molecular formula is C23H24N2O5. The topological polar surface area (TPSA) is 83.7 Å². The third-order valence-electron chi connectivity index (χ3n) is 4.29. The maximum absolute atomic E-state index is 12.2. The van der Waals surface area contributed by atoms with Crippen molar-refractivity contribution in [1.29, 1.82) is 0 Å². The van der Waals surface area contributed by atoms with Crippen LogP contribution in [-0.4, -0.2) is 29.9 Å². The highest BCUT2D eigenvalue weighted by Gasteiger charge is 2.20. The van der Waals surface area contributed by atoms with E-state index in [1.807, 2.05) is 62.4 Å². The fourth-order valence-electron chi connectivity index (χ4n) is 2.73. The van der Waals surface area contributed by atoms with Crippen molar-refractivity contribution < 1.29 is 23.4 Å². The molecule has 0 unspecified atom stereocenters. The Balaban J connectivity index is 1.58. The van der Waals surface area contributed by atoms with Crippen LogP contribution < -0.4 is 9.47 Å². The summed E-state index contributed by atoms with van der Waals surface area (Å²) in [6, 6.07) is 13.2. The Bertz CT molecular complexity index is 1020. The number of ether oxygens (including phenoxy) is 3. The first-order valence-electron chi connectivity index (χ1n) is 9.53. The minimum Gasteiger partial charge on any atom is -0.493 e. The van der Waals surface area contributed by atoms with Crippen LogP contribution in [0.25, 0.3) is 17.5 Å². The molecule has 0 aliphatic rings. The lowest BCUT2D eigenvalue weighted by Gasteiger charge is -2.12. The zero-order chi connectivity index (χ0) is 21.5. The van der Waals surface area contributed by atoms with E-state index < -0.39 is 12.1 Å². The molecule has 3 rings (SSSR count). The van der Waals surface area contributed by atoms with E-state index in [1.165, 1.54) is 0 Å². The van der Waals surface area contributed by atoms with Crippen LogP contribution in [0.2, 0.25) is 0 Å². The van der Waals surface area contributed by atoms with Gasteiger partial charge in [-0.15, -0.1) is 10.2 Å². The second-order valence-electron chi connectivity index (χ2n) is 6.64. The van der Waals surface area contributed by atoms with E-state index in [0.29, 0.717) is 17.4 Å². The number of hydrogen-bond acceptors (Lipinski definition) is 7. The number of rotatable bonds is 8. The predicted molar refractivity (Wildman–Crippen MR) is 112 cm³/mol. The van der Waals surface area contributed by atoms with Gasteiger partial charge in [-0.1, -0.05) is 35.9 Å². The third kappa shape index (κ3) is 5.26. The van der Waals surface area contributed by atoms with Gasteiger partial charge in [-0.3, -0.25) is 0 Å². The summed E-state index contributed by atoms with van der Waals surface area (Å²) in [4.78, 5) is 12.2. The molecular weight excluding hydrogens is 384 g/mol. The van der Waals surface area contributed by atoms with E-state index >= 15 is 0 Å². The van der Waals surface area contributed by atoms with Crippen molar-refractivity contribution in [3.05, 3.63) is 65.6 Å². The number of benzene rings is 2. The smallest absolute Gasteiger partial charge is 0.344 e. The van der Waals surface area contributed by atoms with Crippen molar-refractivity contribution in [2.45, 2.75) is 26.9 Å². The van der Waals surface area contributed by atoms with Crippen LogP contribution >= 0.6 is 0 Å². The fraction of sp³-hybridized carbons (Fsp3) is 0.261. The first-order valence-corrected chi connectivity index (χ1v) is 9.53. The molecule has 0 spiro atoms. The number of aromatic nitrogens is 2. The Labute approximate surface area is 175 Å². The summed E-state index contributed by atoms with van der Waals surface area (Å²) in [5, 5.41) is 8.00. The monoisotopic (exact) mass is 408 g/mol. The molecule has 0 saturated carbocycles. The van der Waals surface area contributed by atoms with Crippen LogP contribution in [0.5, 0.6) is 11.5 Å². The zero-order valence-electron chi connectivity index (χ0n) is 17.4. The first-order chi connectivity index (χ1) is 14.5. The normalized spacial score (nSPS) is 12.0. The van der Waals surface area contributed by atoms with Gasteiger partial charge in [0.15, 0.2) is 24.2 Å². The number of carbonyl (C=O) groups excluding carboxylic acids is 1. The molecule has 0 aliphatic heterocycles. The SMILES string of the molecule is C/C=C/c1ccc(OCC(=O)O[C@@H](C)c2nnc(-c3ccc(C)cc3)o2)c(OC)c1. The van der Waals surface area contributed by atoms with Crippen molar-refractivity contribution >= 4 is 12.0 Å². The Hall–Kier alpha value is -3.61. The highest BCUT2D eigenvalue weighted by molar-refractivity contribution is 5.71. The van der Waals surface area contributed by atoms with Crippen LogP contribution in [0.3, 0.4) is 0 Å². The van der Waals surface area contributed by atoms with E-state index in [-0.39, 0.29) is 12.5 Å². The molecule has 1 heterocycles. The van der Waals surface area contributed by atoms with Gasteiger partial charge < -0.3 is 18.6 Å². The molecule has 0 radical (unpaired) electrons. The Morgan fingerprint density at radius 3 is 2.60 bits per heavy atom. The predicted octanol–water partition coefficient (Wildman–Crippen LogP) is 4.77. The maximum atomic E-state index is 12.2. The summed E-state index contributed by atoms with van der Waals surface area (Å²) in [7, 11) is 1.54. The van der Waals surface area contributed by atoms with Crippen molar-refractivity contribution in [3.63, 3.8) is 0 Å². The number of carbonyl (C=O) groups is 1. The van der Waals surface area contributed by atoms with Gasteiger partial charge in [-0.05, 0) is 50.6 Å². The minimum atomic E-state index is -0.702. The lowest BCUT2D eigenvalue weighted by molar-refractivity contribution is -0.152. The number of methoxy groups -OCH3 is 1. The van der Waals surface area contributed by atoms with Crippen LogP contribution in [0.15, 0.2) is 53.0 Å². The van der Waals surface area contributed by atoms with E-state index in [2.05, 4.69) is 10.2 Å². The van der Waals surface area contributed by atoms with E-state index in [9.17, 15) is 4.79 Å². The molecule has 7 nitrogen and oxygen atoms in total. The molecule has 3 aromatic rings. The van der Waals surface area contributed by atoms with Crippen molar-refractivity contribution in [3.8, 4) is 23.0 Å². The molecule has 0 saturated heterocycles. The number of esters is 1. The second-order valence-corrected chi connectivity index (χ2v) is 6.64. The standard InChI is InChI=1S/C23H24N2O5/c1-5-6-17-9-12-19(20(13-17)27-4)28-14-21(26)29-16(3)22-24-25-23(30-22)18-10-7-15(2)8-11-18/h5-13,16H,14H2,1-4H3/b6-5+/t16-/m0/s1. The van der Waals surface area contributed by atoms with E-state index in [1.54, 1.807) is 20.1 Å². The average Bonchev–Trinajstić information content (AvgIpc) is 3.24. The highest BCUT2D eigenvalue weighted by atomic mass is 16.6. The number of aryl methyl sites for hydroxylation is 1. The summed E-state index contributed by atoms with van der Waals surface area (Å²) < 4.78 is 21.9. The molecule has 156 valence electrons. The quantitative estimate of drug-likeness (QED) is 0.496. The lowest BCUT2D eigenvalue weighted by Crippen LogP contribution is -2.17. The van der Waals surface area contributed by atoms with Gasteiger partial charge in [0.1, 0.15) is 0 Å². The van der Waals surface area contributed by atoms with Crippen LogP contribution in [0.1, 0.15) is 37.0 Å². The molecule has 30 heavy (non-hydrogen) atoms. The molecule has 0 fully saturated rings. The fourth-order valence-corrected chi connectivity index (χ4v) is 2.73. The number of hydrogen-bond donors (Lipinski definition) is 0. The zero-order valence-corrected chi connectivity index (χ0v) is 17.4. The molecule has 1 atom stereocenters. The average molecular weight is 408 g/mol. The Morgan fingerprint density at radius 2 is 1.90 bits per heavy atom. The molecule has 0 aliphatic carbocycles. The second kappa shape index (κ2) is 9.73. The number of nitrogens with zero attached hydrogens (tertiary/aromatic N) is 2. The third-order valence-corrected chi connectivity index (χ3v) is 4.29.